The van der Waals surface area contributed by atoms with E-state index in [1.807, 2.05) is 4.90 Å². The lowest BCUT2D eigenvalue weighted by Crippen LogP contribution is -2.41. The summed E-state index contributed by atoms with van der Waals surface area (Å²) in [4.78, 5) is 43.4. The van der Waals surface area contributed by atoms with Gasteiger partial charge < -0.3 is 19.7 Å². The van der Waals surface area contributed by atoms with Gasteiger partial charge in [-0.05, 0) is 19.1 Å². The summed E-state index contributed by atoms with van der Waals surface area (Å²) < 4.78 is 11.4. The van der Waals surface area contributed by atoms with Crippen molar-refractivity contribution in [2.75, 3.05) is 43.6 Å². The van der Waals surface area contributed by atoms with Crippen molar-refractivity contribution >= 4 is 23.5 Å². The normalized spacial score (nSPS) is 13.9. The molecule has 148 valence electrons. The van der Waals surface area contributed by atoms with Crippen LogP contribution in [0.15, 0.2) is 35.1 Å². The number of aryl methyl sites for hydroxylation is 1. The third-order valence-electron chi connectivity index (χ3n) is 4.32. The van der Waals surface area contributed by atoms with Gasteiger partial charge in [0.2, 0.25) is 11.9 Å². The second kappa shape index (κ2) is 8.66. The molecule has 0 aliphatic carbocycles. The lowest BCUT2D eigenvalue weighted by atomic mass is 10.2. The molecule has 0 bridgehead atoms. The fourth-order valence-corrected chi connectivity index (χ4v) is 2.97. The van der Waals surface area contributed by atoms with Crippen molar-refractivity contribution < 1.29 is 19.1 Å². The van der Waals surface area contributed by atoms with E-state index >= 15 is 0 Å². The van der Waals surface area contributed by atoms with Crippen LogP contribution in [0.5, 0.6) is 0 Å². The van der Waals surface area contributed by atoms with Crippen molar-refractivity contribution in [3.63, 3.8) is 0 Å². The van der Waals surface area contributed by atoms with Gasteiger partial charge in [0.15, 0.2) is 0 Å². The quantitative estimate of drug-likeness (QED) is 0.759. The average Bonchev–Trinajstić information content (AvgIpc) is 2.70. The number of esters is 1. The summed E-state index contributed by atoms with van der Waals surface area (Å²) in [7, 11) is 1.27. The zero-order chi connectivity index (χ0) is 20.1. The Labute approximate surface area is 161 Å². The number of morpholine rings is 1. The molecule has 0 radical (unpaired) electrons. The van der Waals surface area contributed by atoms with E-state index < -0.39 is 11.9 Å². The number of benzene rings is 1. The maximum absolute atomic E-state index is 12.6. The molecule has 1 aromatic carbocycles. The monoisotopic (exact) mass is 386 g/mol. The van der Waals surface area contributed by atoms with Crippen molar-refractivity contribution in [3.8, 4) is 0 Å². The van der Waals surface area contributed by atoms with Crippen LogP contribution >= 0.6 is 0 Å². The number of hydrogen-bond acceptors (Lipinski definition) is 7. The Hall–Kier alpha value is -3.20. The minimum absolute atomic E-state index is 0.228. The fraction of sp³-hybridized carbons (Fsp3) is 0.368. The van der Waals surface area contributed by atoms with Gasteiger partial charge in [-0.2, -0.15) is 0 Å². The predicted octanol–water partition coefficient (Wildman–Crippen LogP) is 0.814. The Morgan fingerprint density at radius 2 is 1.96 bits per heavy atom. The number of carbonyl (C=O) groups excluding carboxylic acids is 2. The number of amides is 1. The molecule has 1 aliphatic rings. The molecule has 1 N–H and O–H groups in total. The lowest BCUT2D eigenvalue weighted by Gasteiger charge is -2.29. The molecule has 1 amide bonds. The SMILES string of the molecule is COC(=O)c1ccccc1NC(=O)Cn1c(N2CCOCC2)nc(C)cc1=O. The van der Waals surface area contributed by atoms with Crippen LogP contribution in [0, 0.1) is 6.92 Å². The van der Waals surface area contributed by atoms with E-state index in [4.69, 9.17) is 9.47 Å². The van der Waals surface area contributed by atoms with Crippen LogP contribution in [0.4, 0.5) is 11.6 Å². The summed E-state index contributed by atoms with van der Waals surface area (Å²) in [5, 5.41) is 2.68. The van der Waals surface area contributed by atoms with Gasteiger partial charge in [-0.15, -0.1) is 0 Å². The molecule has 0 atom stereocenters. The molecule has 1 aromatic heterocycles. The van der Waals surface area contributed by atoms with Gasteiger partial charge in [0.1, 0.15) is 6.54 Å². The van der Waals surface area contributed by atoms with Crippen molar-refractivity contribution in [3.05, 3.63) is 51.9 Å². The van der Waals surface area contributed by atoms with Crippen molar-refractivity contribution in [2.24, 2.45) is 0 Å². The second-order valence-corrected chi connectivity index (χ2v) is 6.31. The zero-order valence-corrected chi connectivity index (χ0v) is 15.8. The van der Waals surface area contributed by atoms with E-state index in [0.29, 0.717) is 43.6 Å². The number of nitrogens with one attached hydrogen (secondary N) is 1. The van der Waals surface area contributed by atoms with Crippen molar-refractivity contribution in [2.45, 2.75) is 13.5 Å². The maximum Gasteiger partial charge on any atom is 0.339 e. The average molecular weight is 386 g/mol. The summed E-state index contributed by atoms with van der Waals surface area (Å²) in [6.07, 6.45) is 0. The molecule has 0 saturated carbocycles. The molecular formula is C19H22N4O5. The number of carbonyl (C=O) groups is 2. The van der Waals surface area contributed by atoms with Crippen molar-refractivity contribution in [1.82, 2.24) is 9.55 Å². The predicted molar refractivity (Wildman–Crippen MR) is 103 cm³/mol. The van der Waals surface area contributed by atoms with E-state index in [-0.39, 0.29) is 17.7 Å². The van der Waals surface area contributed by atoms with Crippen LogP contribution in [-0.4, -0.2) is 54.8 Å². The lowest BCUT2D eigenvalue weighted by molar-refractivity contribution is -0.116. The van der Waals surface area contributed by atoms with E-state index in [1.54, 1.807) is 31.2 Å². The highest BCUT2D eigenvalue weighted by Crippen LogP contribution is 2.17. The number of nitrogens with zero attached hydrogens (tertiary/aromatic N) is 3. The third-order valence-corrected chi connectivity index (χ3v) is 4.32. The fourth-order valence-electron chi connectivity index (χ4n) is 2.97. The molecule has 0 spiro atoms. The topological polar surface area (TPSA) is 103 Å². The van der Waals surface area contributed by atoms with Gasteiger partial charge in [0, 0.05) is 24.8 Å². The largest absolute Gasteiger partial charge is 0.465 e. The van der Waals surface area contributed by atoms with Gasteiger partial charge in [0.25, 0.3) is 5.56 Å². The Morgan fingerprint density at radius 1 is 1.25 bits per heavy atom. The molecule has 28 heavy (non-hydrogen) atoms. The number of para-hydroxylation sites is 1. The smallest absolute Gasteiger partial charge is 0.339 e. The Bertz CT molecular complexity index is 934. The maximum atomic E-state index is 12.6. The Balaban J connectivity index is 1.85. The molecule has 2 aromatic rings. The molecule has 9 heteroatoms. The van der Waals surface area contributed by atoms with Gasteiger partial charge >= 0.3 is 5.97 Å². The highest BCUT2D eigenvalue weighted by molar-refractivity contribution is 6.01. The van der Waals surface area contributed by atoms with Gasteiger partial charge in [-0.1, -0.05) is 12.1 Å². The number of methoxy groups -OCH3 is 1. The van der Waals surface area contributed by atoms with Crippen LogP contribution in [0.25, 0.3) is 0 Å². The summed E-state index contributed by atoms with van der Waals surface area (Å²) >= 11 is 0. The Kier molecular flexibility index (Phi) is 6.05. The highest BCUT2D eigenvalue weighted by Gasteiger charge is 2.20. The van der Waals surface area contributed by atoms with E-state index in [1.165, 1.54) is 17.7 Å². The van der Waals surface area contributed by atoms with Gasteiger partial charge in [-0.3, -0.25) is 14.2 Å². The first-order valence-electron chi connectivity index (χ1n) is 8.88. The molecular weight excluding hydrogens is 364 g/mol. The molecule has 2 heterocycles. The molecule has 0 unspecified atom stereocenters. The molecule has 9 nitrogen and oxygen atoms in total. The zero-order valence-electron chi connectivity index (χ0n) is 15.8. The first-order valence-corrected chi connectivity index (χ1v) is 8.88. The standard InChI is InChI=1S/C19H22N4O5/c1-13-11-17(25)23(19(20-13)22-7-9-28-10-8-22)12-16(24)21-15-6-4-3-5-14(15)18(26)27-2/h3-6,11H,7-10,12H2,1-2H3,(H,21,24). The minimum atomic E-state index is -0.556. The summed E-state index contributed by atoms with van der Waals surface area (Å²) in [5.74, 6) is -0.567. The number of hydrogen-bond donors (Lipinski definition) is 1. The second-order valence-electron chi connectivity index (χ2n) is 6.31. The number of ether oxygens (including phenoxy) is 2. The van der Waals surface area contributed by atoms with E-state index in [2.05, 4.69) is 10.3 Å². The van der Waals surface area contributed by atoms with Crippen LogP contribution < -0.4 is 15.8 Å². The third kappa shape index (κ3) is 4.37. The number of anilines is 2. The highest BCUT2D eigenvalue weighted by atomic mass is 16.5. The van der Waals surface area contributed by atoms with E-state index in [9.17, 15) is 14.4 Å². The van der Waals surface area contributed by atoms with Crippen molar-refractivity contribution in [1.29, 1.82) is 0 Å². The van der Waals surface area contributed by atoms with Crippen LogP contribution in [0.2, 0.25) is 0 Å². The number of aromatic nitrogens is 2. The van der Waals surface area contributed by atoms with Crippen LogP contribution in [0.3, 0.4) is 0 Å². The molecule has 3 rings (SSSR count). The first kappa shape index (κ1) is 19.6. The first-order chi connectivity index (χ1) is 13.5. The molecule has 1 fully saturated rings. The summed E-state index contributed by atoms with van der Waals surface area (Å²) in [6, 6.07) is 7.91. The number of rotatable bonds is 5. The van der Waals surface area contributed by atoms with E-state index in [0.717, 1.165) is 0 Å². The minimum Gasteiger partial charge on any atom is -0.465 e. The summed E-state index contributed by atoms with van der Waals surface area (Å²) in [5.41, 5.74) is 0.825. The van der Waals surface area contributed by atoms with Gasteiger partial charge in [-0.25, -0.2) is 9.78 Å². The Morgan fingerprint density at radius 3 is 2.68 bits per heavy atom. The van der Waals surface area contributed by atoms with Gasteiger partial charge in [0.05, 0.1) is 31.6 Å². The molecule has 1 saturated heterocycles. The summed E-state index contributed by atoms with van der Waals surface area (Å²) in [6.45, 7) is 3.74. The van der Waals surface area contributed by atoms with Crippen LogP contribution in [-0.2, 0) is 20.8 Å². The molecule has 1 aliphatic heterocycles. The van der Waals surface area contributed by atoms with Crippen LogP contribution in [0.1, 0.15) is 16.1 Å².